The number of nitrogens with one attached hydrogen (secondary N) is 1. The van der Waals surface area contributed by atoms with Crippen molar-refractivity contribution in [2.45, 2.75) is 20.4 Å². The van der Waals surface area contributed by atoms with E-state index in [4.69, 9.17) is 5.73 Å². The van der Waals surface area contributed by atoms with Crippen LogP contribution < -0.4 is 11.1 Å². The van der Waals surface area contributed by atoms with Crippen molar-refractivity contribution in [1.29, 1.82) is 0 Å². The Bertz CT molecular complexity index is 326. The van der Waals surface area contributed by atoms with Crippen molar-refractivity contribution in [2.24, 2.45) is 23.7 Å². The van der Waals surface area contributed by atoms with Gasteiger partial charge in [0.05, 0.1) is 12.7 Å². The van der Waals surface area contributed by atoms with Gasteiger partial charge in [-0.3, -0.25) is 4.68 Å². The minimum absolute atomic E-state index is 0.493. The summed E-state index contributed by atoms with van der Waals surface area (Å²) >= 11 is 0. The molecule has 0 unspecified atom stereocenters. The molecule has 3 N–H and O–H groups in total. The Kier molecular flexibility index (Phi) is 4.15. The van der Waals surface area contributed by atoms with Gasteiger partial charge in [-0.1, -0.05) is 13.8 Å². The van der Waals surface area contributed by atoms with Gasteiger partial charge in [-0.05, 0) is 5.92 Å². The summed E-state index contributed by atoms with van der Waals surface area (Å²) in [5, 5.41) is 7.11. The van der Waals surface area contributed by atoms with Crippen LogP contribution >= 0.6 is 0 Å². The first-order chi connectivity index (χ1) is 7.08. The van der Waals surface area contributed by atoms with Crippen LogP contribution in [0.4, 0.5) is 0 Å². The summed E-state index contributed by atoms with van der Waals surface area (Å²) in [6.45, 7) is 5.68. The number of aryl methyl sites for hydroxylation is 1. The summed E-state index contributed by atoms with van der Waals surface area (Å²) in [6, 6.07) is 0. The summed E-state index contributed by atoms with van der Waals surface area (Å²) in [4.78, 5) is 4.21. The molecule has 1 heterocycles. The highest BCUT2D eigenvalue weighted by Gasteiger charge is 1.97. The highest BCUT2D eigenvalue weighted by atomic mass is 15.2. The van der Waals surface area contributed by atoms with Crippen LogP contribution in [0.25, 0.3) is 0 Å². The quantitative estimate of drug-likeness (QED) is 0.560. The lowest BCUT2D eigenvalue weighted by Gasteiger charge is -2.07. The first-order valence-corrected chi connectivity index (χ1v) is 5.09. The van der Waals surface area contributed by atoms with E-state index in [9.17, 15) is 0 Å². The van der Waals surface area contributed by atoms with Crippen LogP contribution in [0.3, 0.4) is 0 Å². The smallest absolute Gasteiger partial charge is 0.188 e. The lowest BCUT2D eigenvalue weighted by atomic mass is 10.2. The number of hydrogen-bond acceptors (Lipinski definition) is 2. The summed E-state index contributed by atoms with van der Waals surface area (Å²) in [5.74, 6) is 1.06. The summed E-state index contributed by atoms with van der Waals surface area (Å²) < 4.78 is 1.75. The van der Waals surface area contributed by atoms with Crippen LogP contribution in [0, 0.1) is 5.92 Å². The molecule has 84 valence electrons. The van der Waals surface area contributed by atoms with E-state index in [1.54, 1.807) is 10.9 Å². The zero-order chi connectivity index (χ0) is 11.3. The third kappa shape index (κ3) is 4.49. The van der Waals surface area contributed by atoms with Gasteiger partial charge in [0.2, 0.25) is 0 Å². The van der Waals surface area contributed by atoms with Crippen LogP contribution in [-0.2, 0) is 13.6 Å². The predicted octanol–water partition coefficient (Wildman–Crippen LogP) is 0.480. The maximum atomic E-state index is 5.69. The topological polar surface area (TPSA) is 68.2 Å². The maximum absolute atomic E-state index is 5.69. The van der Waals surface area contributed by atoms with Crippen LogP contribution in [0.5, 0.6) is 0 Å². The lowest BCUT2D eigenvalue weighted by Crippen LogP contribution is -2.34. The first kappa shape index (κ1) is 11.6. The van der Waals surface area contributed by atoms with Crippen LogP contribution in [0.1, 0.15) is 19.4 Å². The van der Waals surface area contributed by atoms with Crippen molar-refractivity contribution in [3.63, 3.8) is 0 Å². The van der Waals surface area contributed by atoms with Gasteiger partial charge in [0, 0.05) is 25.4 Å². The Hall–Kier alpha value is -1.52. The summed E-state index contributed by atoms with van der Waals surface area (Å²) in [5.41, 5.74) is 6.75. The molecule has 1 rings (SSSR count). The van der Waals surface area contributed by atoms with Gasteiger partial charge in [-0.15, -0.1) is 0 Å². The molecule has 1 aromatic heterocycles. The van der Waals surface area contributed by atoms with Gasteiger partial charge in [-0.2, -0.15) is 5.10 Å². The molecule has 0 radical (unpaired) electrons. The molecule has 0 bridgehead atoms. The van der Waals surface area contributed by atoms with E-state index >= 15 is 0 Å². The van der Waals surface area contributed by atoms with Crippen molar-refractivity contribution in [1.82, 2.24) is 15.1 Å². The van der Waals surface area contributed by atoms with Gasteiger partial charge in [0.15, 0.2) is 5.96 Å². The molecule has 0 aliphatic rings. The van der Waals surface area contributed by atoms with E-state index in [1.807, 2.05) is 13.2 Å². The second kappa shape index (κ2) is 5.38. The van der Waals surface area contributed by atoms with E-state index in [0.717, 1.165) is 12.1 Å². The number of guanidine groups is 1. The molecule has 0 aliphatic heterocycles. The molecule has 0 fully saturated rings. The highest BCUT2D eigenvalue weighted by Crippen LogP contribution is 1.97. The predicted molar refractivity (Wildman–Crippen MR) is 61.4 cm³/mol. The summed E-state index contributed by atoms with van der Waals surface area (Å²) in [6.07, 6.45) is 3.72. The number of aromatic nitrogens is 2. The second-order valence-corrected chi connectivity index (χ2v) is 4.00. The van der Waals surface area contributed by atoms with E-state index in [2.05, 4.69) is 29.3 Å². The molecule has 5 heteroatoms. The van der Waals surface area contributed by atoms with Crippen molar-refractivity contribution in [3.05, 3.63) is 18.0 Å². The minimum Gasteiger partial charge on any atom is -0.370 e. The normalized spacial score (nSPS) is 12.1. The van der Waals surface area contributed by atoms with Crippen LogP contribution in [-0.4, -0.2) is 22.3 Å². The van der Waals surface area contributed by atoms with Crippen molar-refractivity contribution in [3.8, 4) is 0 Å². The fourth-order valence-electron chi connectivity index (χ4n) is 1.09. The molecule has 15 heavy (non-hydrogen) atoms. The molecule has 0 saturated carbocycles. The third-order valence-electron chi connectivity index (χ3n) is 1.88. The lowest BCUT2D eigenvalue weighted by molar-refractivity contribution is 0.622. The molecule has 5 nitrogen and oxygen atoms in total. The van der Waals surface area contributed by atoms with E-state index in [0.29, 0.717) is 18.4 Å². The number of nitrogens with two attached hydrogens (primary N) is 1. The van der Waals surface area contributed by atoms with E-state index < -0.39 is 0 Å². The maximum Gasteiger partial charge on any atom is 0.188 e. The first-order valence-electron chi connectivity index (χ1n) is 5.09. The zero-order valence-electron chi connectivity index (χ0n) is 9.57. The molecule has 0 atom stereocenters. The largest absolute Gasteiger partial charge is 0.370 e. The van der Waals surface area contributed by atoms with Crippen molar-refractivity contribution >= 4 is 5.96 Å². The number of hydrogen-bond donors (Lipinski definition) is 2. The number of nitrogens with zero attached hydrogens (tertiary/aromatic N) is 3. The van der Waals surface area contributed by atoms with E-state index in [1.165, 1.54) is 0 Å². The second-order valence-electron chi connectivity index (χ2n) is 4.00. The Morgan fingerprint density at radius 2 is 2.40 bits per heavy atom. The van der Waals surface area contributed by atoms with Crippen molar-refractivity contribution in [2.75, 3.05) is 6.54 Å². The standard InChI is InChI=1S/C10H19N5/c1-8(2)4-12-10(11)13-5-9-6-14-15(3)7-9/h6-8H,4-5H2,1-3H3,(H3,11,12,13). The molecule has 0 saturated heterocycles. The molecule has 1 aromatic rings. The Balaban J connectivity index is 2.36. The number of rotatable bonds is 4. The number of aliphatic imine (C=N–C) groups is 1. The molecule has 0 amide bonds. The van der Waals surface area contributed by atoms with Gasteiger partial charge in [0.25, 0.3) is 0 Å². The van der Waals surface area contributed by atoms with Crippen molar-refractivity contribution < 1.29 is 0 Å². The summed E-state index contributed by atoms with van der Waals surface area (Å²) in [7, 11) is 1.88. The average molecular weight is 209 g/mol. The van der Waals surface area contributed by atoms with Crippen LogP contribution in [0.2, 0.25) is 0 Å². The molecule has 0 aromatic carbocycles. The molecular weight excluding hydrogens is 190 g/mol. The fraction of sp³-hybridized carbons (Fsp3) is 0.600. The minimum atomic E-state index is 0.493. The Morgan fingerprint density at radius 3 is 2.93 bits per heavy atom. The molecule has 0 aliphatic carbocycles. The fourth-order valence-corrected chi connectivity index (χ4v) is 1.09. The van der Waals surface area contributed by atoms with Gasteiger partial charge >= 0.3 is 0 Å². The third-order valence-corrected chi connectivity index (χ3v) is 1.88. The highest BCUT2D eigenvalue weighted by molar-refractivity contribution is 5.77. The monoisotopic (exact) mass is 209 g/mol. The van der Waals surface area contributed by atoms with Crippen LogP contribution in [0.15, 0.2) is 17.4 Å². The molecule has 0 spiro atoms. The SMILES string of the molecule is CC(C)CNC(N)=NCc1cnn(C)c1. The Labute approximate surface area is 90.4 Å². The molecular formula is C10H19N5. The zero-order valence-corrected chi connectivity index (χ0v) is 9.57. The van der Waals surface area contributed by atoms with Gasteiger partial charge in [0.1, 0.15) is 0 Å². The van der Waals surface area contributed by atoms with Gasteiger partial charge < -0.3 is 11.1 Å². The Morgan fingerprint density at radius 1 is 1.67 bits per heavy atom. The average Bonchev–Trinajstić information content (AvgIpc) is 2.58. The van der Waals surface area contributed by atoms with Gasteiger partial charge in [-0.25, -0.2) is 4.99 Å². The van der Waals surface area contributed by atoms with E-state index in [-0.39, 0.29) is 0 Å².